The molecule has 1 aliphatic heterocycles. The third-order valence-electron chi connectivity index (χ3n) is 4.07. The predicted molar refractivity (Wildman–Crippen MR) is 80.3 cm³/mol. The van der Waals surface area contributed by atoms with Crippen LogP contribution in [0.2, 0.25) is 0 Å². The lowest BCUT2D eigenvalue weighted by Crippen LogP contribution is -2.46. The summed E-state index contributed by atoms with van der Waals surface area (Å²) < 4.78 is 1.88. The molecule has 2 aromatic rings. The molecular weight excluding hydrogens is 248 g/mol. The highest BCUT2D eigenvalue weighted by molar-refractivity contribution is 5.20. The minimum Gasteiger partial charge on any atom is -0.297 e. The zero-order chi connectivity index (χ0) is 13.9. The molecule has 2 heterocycles. The van der Waals surface area contributed by atoms with Crippen LogP contribution in [0.5, 0.6) is 0 Å². The average molecular weight is 270 g/mol. The number of likely N-dealkylation sites (N-methyl/N-ethyl adjacent to an activating group) is 1. The zero-order valence-corrected chi connectivity index (χ0v) is 12.2. The molecule has 1 fully saturated rings. The molecule has 4 heteroatoms. The van der Waals surface area contributed by atoms with Crippen molar-refractivity contribution in [2.75, 3.05) is 26.7 Å². The zero-order valence-electron chi connectivity index (χ0n) is 12.2. The standard InChI is InChI=1S/C16H22N4/c1-18-10-11-20(12-15-8-9-19(2)17-15)13-16(18)14-6-4-3-5-7-14/h3-9,16H,10-13H2,1-2H3/t16-/m0/s1. The topological polar surface area (TPSA) is 24.3 Å². The van der Waals surface area contributed by atoms with Gasteiger partial charge in [0.25, 0.3) is 0 Å². The van der Waals surface area contributed by atoms with Crippen LogP contribution < -0.4 is 0 Å². The van der Waals surface area contributed by atoms with Crippen molar-refractivity contribution in [2.45, 2.75) is 12.6 Å². The highest BCUT2D eigenvalue weighted by atomic mass is 15.3. The van der Waals surface area contributed by atoms with Crippen LogP contribution in [0.3, 0.4) is 0 Å². The summed E-state index contributed by atoms with van der Waals surface area (Å²) in [6.45, 7) is 4.22. The summed E-state index contributed by atoms with van der Waals surface area (Å²) in [6, 6.07) is 13.4. The molecule has 3 rings (SSSR count). The van der Waals surface area contributed by atoms with Gasteiger partial charge in [-0.1, -0.05) is 30.3 Å². The van der Waals surface area contributed by atoms with Gasteiger partial charge >= 0.3 is 0 Å². The Morgan fingerprint density at radius 2 is 1.90 bits per heavy atom. The molecule has 0 bridgehead atoms. The van der Waals surface area contributed by atoms with Crippen molar-refractivity contribution in [2.24, 2.45) is 7.05 Å². The number of rotatable bonds is 3. The number of piperazine rings is 1. The van der Waals surface area contributed by atoms with E-state index in [2.05, 4.69) is 58.3 Å². The summed E-state index contributed by atoms with van der Waals surface area (Å²) in [6.07, 6.45) is 2.01. The fraction of sp³-hybridized carbons (Fsp3) is 0.438. The third-order valence-corrected chi connectivity index (χ3v) is 4.07. The Morgan fingerprint density at radius 3 is 2.60 bits per heavy atom. The molecule has 1 atom stereocenters. The minimum absolute atomic E-state index is 0.480. The molecule has 0 N–H and O–H groups in total. The summed E-state index contributed by atoms with van der Waals surface area (Å²) in [4.78, 5) is 4.95. The van der Waals surface area contributed by atoms with Gasteiger partial charge in [-0.05, 0) is 18.7 Å². The van der Waals surface area contributed by atoms with Crippen LogP contribution in [0.15, 0.2) is 42.6 Å². The predicted octanol–water partition coefficient (Wildman–Crippen LogP) is 1.91. The lowest BCUT2D eigenvalue weighted by molar-refractivity contribution is 0.0895. The number of hydrogen-bond acceptors (Lipinski definition) is 3. The largest absolute Gasteiger partial charge is 0.297 e. The Hall–Kier alpha value is -1.65. The Bertz CT molecular complexity index is 549. The van der Waals surface area contributed by atoms with Crippen molar-refractivity contribution in [3.8, 4) is 0 Å². The monoisotopic (exact) mass is 270 g/mol. The summed E-state index contributed by atoms with van der Waals surface area (Å²) in [5.74, 6) is 0. The maximum absolute atomic E-state index is 4.48. The minimum atomic E-state index is 0.480. The van der Waals surface area contributed by atoms with Gasteiger partial charge in [0.05, 0.1) is 5.69 Å². The number of hydrogen-bond donors (Lipinski definition) is 0. The van der Waals surface area contributed by atoms with E-state index in [0.717, 1.165) is 31.9 Å². The molecule has 1 aliphatic rings. The number of nitrogens with zero attached hydrogens (tertiary/aromatic N) is 4. The normalized spacial score (nSPS) is 21.2. The quantitative estimate of drug-likeness (QED) is 0.851. The second-order valence-corrected chi connectivity index (χ2v) is 5.62. The molecule has 0 unspecified atom stereocenters. The third kappa shape index (κ3) is 2.92. The van der Waals surface area contributed by atoms with Gasteiger partial charge < -0.3 is 0 Å². The average Bonchev–Trinajstić information content (AvgIpc) is 2.87. The van der Waals surface area contributed by atoms with Crippen LogP contribution in [-0.4, -0.2) is 46.3 Å². The number of aromatic nitrogens is 2. The van der Waals surface area contributed by atoms with Crippen molar-refractivity contribution >= 4 is 0 Å². The van der Waals surface area contributed by atoms with Gasteiger partial charge in [-0.3, -0.25) is 14.5 Å². The Balaban J connectivity index is 1.70. The molecule has 0 aliphatic carbocycles. The van der Waals surface area contributed by atoms with Crippen LogP contribution in [0.25, 0.3) is 0 Å². The van der Waals surface area contributed by atoms with E-state index < -0.39 is 0 Å². The van der Waals surface area contributed by atoms with E-state index in [0.29, 0.717) is 6.04 Å². The number of benzene rings is 1. The number of aryl methyl sites for hydroxylation is 1. The van der Waals surface area contributed by atoms with Crippen molar-refractivity contribution in [3.05, 3.63) is 53.9 Å². The molecule has 1 aromatic carbocycles. The smallest absolute Gasteiger partial charge is 0.0764 e. The van der Waals surface area contributed by atoms with Gasteiger partial charge in [-0.2, -0.15) is 5.10 Å². The first-order valence-electron chi connectivity index (χ1n) is 7.18. The van der Waals surface area contributed by atoms with Gasteiger partial charge in [0, 0.05) is 45.5 Å². The maximum atomic E-state index is 4.48. The van der Waals surface area contributed by atoms with Crippen LogP contribution in [0.4, 0.5) is 0 Å². The van der Waals surface area contributed by atoms with E-state index in [1.165, 1.54) is 5.56 Å². The van der Waals surface area contributed by atoms with E-state index in [1.807, 2.05) is 17.9 Å². The summed E-state index contributed by atoms with van der Waals surface area (Å²) >= 11 is 0. The van der Waals surface area contributed by atoms with Crippen LogP contribution >= 0.6 is 0 Å². The Morgan fingerprint density at radius 1 is 1.10 bits per heavy atom. The second-order valence-electron chi connectivity index (χ2n) is 5.62. The Kier molecular flexibility index (Phi) is 3.85. The van der Waals surface area contributed by atoms with Gasteiger partial charge in [0.1, 0.15) is 0 Å². The molecule has 20 heavy (non-hydrogen) atoms. The van der Waals surface area contributed by atoms with E-state index in [9.17, 15) is 0 Å². The summed E-state index contributed by atoms with van der Waals surface area (Å²) in [5.41, 5.74) is 2.56. The van der Waals surface area contributed by atoms with Crippen molar-refractivity contribution in [3.63, 3.8) is 0 Å². The lowest BCUT2D eigenvalue weighted by atomic mass is 10.0. The van der Waals surface area contributed by atoms with E-state index in [-0.39, 0.29) is 0 Å². The second kappa shape index (κ2) is 5.77. The molecule has 1 aromatic heterocycles. The fourth-order valence-corrected chi connectivity index (χ4v) is 2.89. The molecule has 106 valence electrons. The molecule has 1 saturated heterocycles. The van der Waals surface area contributed by atoms with Crippen LogP contribution in [0.1, 0.15) is 17.3 Å². The van der Waals surface area contributed by atoms with Gasteiger partial charge in [-0.15, -0.1) is 0 Å². The van der Waals surface area contributed by atoms with Crippen molar-refractivity contribution < 1.29 is 0 Å². The van der Waals surface area contributed by atoms with Crippen LogP contribution in [0, 0.1) is 0 Å². The summed E-state index contributed by atoms with van der Waals surface area (Å²) in [7, 11) is 4.19. The van der Waals surface area contributed by atoms with Crippen molar-refractivity contribution in [1.29, 1.82) is 0 Å². The summed E-state index contributed by atoms with van der Waals surface area (Å²) in [5, 5.41) is 4.48. The molecule has 4 nitrogen and oxygen atoms in total. The Labute approximate surface area is 120 Å². The fourth-order valence-electron chi connectivity index (χ4n) is 2.89. The molecular formula is C16H22N4. The van der Waals surface area contributed by atoms with Gasteiger partial charge in [0.15, 0.2) is 0 Å². The highest BCUT2D eigenvalue weighted by Crippen LogP contribution is 2.24. The molecule has 0 saturated carbocycles. The maximum Gasteiger partial charge on any atom is 0.0764 e. The van der Waals surface area contributed by atoms with Gasteiger partial charge in [0.2, 0.25) is 0 Å². The van der Waals surface area contributed by atoms with E-state index >= 15 is 0 Å². The van der Waals surface area contributed by atoms with E-state index in [4.69, 9.17) is 0 Å². The molecule has 0 amide bonds. The first-order valence-corrected chi connectivity index (χ1v) is 7.18. The first-order chi connectivity index (χ1) is 9.72. The van der Waals surface area contributed by atoms with Crippen molar-refractivity contribution in [1.82, 2.24) is 19.6 Å². The molecule has 0 spiro atoms. The molecule has 0 radical (unpaired) electrons. The van der Waals surface area contributed by atoms with Gasteiger partial charge in [-0.25, -0.2) is 0 Å². The van der Waals surface area contributed by atoms with E-state index in [1.54, 1.807) is 0 Å². The SMILES string of the molecule is CN1CCN(Cc2ccn(C)n2)C[C@H]1c1ccccc1. The first kappa shape index (κ1) is 13.3. The highest BCUT2D eigenvalue weighted by Gasteiger charge is 2.25. The lowest BCUT2D eigenvalue weighted by Gasteiger charge is -2.39. The van der Waals surface area contributed by atoms with Crippen LogP contribution in [-0.2, 0) is 13.6 Å².